The molecule has 6 heteroatoms. The van der Waals surface area contributed by atoms with Crippen molar-refractivity contribution < 1.29 is 14.3 Å². The zero-order chi connectivity index (χ0) is 16.5. The van der Waals surface area contributed by atoms with Crippen LogP contribution in [0.5, 0.6) is 11.5 Å². The molecule has 1 saturated heterocycles. The molecular weight excluding hydrogens is 306 g/mol. The molecule has 0 spiro atoms. The zero-order valence-electron chi connectivity index (χ0n) is 13.8. The van der Waals surface area contributed by atoms with Gasteiger partial charge < -0.3 is 14.4 Å². The van der Waals surface area contributed by atoms with Crippen molar-refractivity contribution in [3.63, 3.8) is 0 Å². The molecule has 2 aliphatic rings. The molecule has 0 aliphatic carbocycles. The quantitative estimate of drug-likeness (QED) is 0.868. The average Bonchev–Trinajstić information content (AvgIpc) is 3.23. The Morgan fingerprint density at radius 3 is 2.92 bits per heavy atom. The van der Waals surface area contributed by atoms with Crippen LogP contribution < -0.4 is 9.47 Å². The normalized spacial score (nSPS) is 19.5. The van der Waals surface area contributed by atoms with E-state index in [4.69, 9.17) is 9.47 Å². The number of nitrogens with zero attached hydrogens (tertiary/aromatic N) is 3. The predicted molar refractivity (Wildman–Crippen MR) is 88.5 cm³/mol. The molecule has 1 fully saturated rings. The van der Waals surface area contributed by atoms with Gasteiger partial charge in [0.15, 0.2) is 11.5 Å². The summed E-state index contributed by atoms with van der Waals surface area (Å²) in [5, 5.41) is 4.35. The molecule has 2 aliphatic heterocycles. The van der Waals surface area contributed by atoms with E-state index in [1.807, 2.05) is 41.0 Å². The van der Waals surface area contributed by atoms with Crippen molar-refractivity contribution in [3.05, 3.63) is 41.7 Å². The monoisotopic (exact) mass is 327 g/mol. The highest BCUT2D eigenvalue weighted by Gasteiger charge is 2.30. The number of benzene rings is 1. The first-order valence-corrected chi connectivity index (χ1v) is 8.40. The van der Waals surface area contributed by atoms with Crippen LogP contribution >= 0.6 is 0 Å². The van der Waals surface area contributed by atoms with Crippen LogP contribution in [-0.4, -0.2) is 46.4 Å². The summed E-state index contributed by atoms with van der Waals surface area (Å²) >= 11 is 0. The van der Waals surface area contributed by atoms with Gasteiger partial charge in [-0.15, -0.1) is 0 Å². The first-order valence-electron chi connectivity index (χ1n) is 8.40. The van der Waals surface area contributed by atoms with Crippen molar-refractivity contribution in [1.82, 2.24) is 14.7 Å². The predicted octanol–water partition coefficient (Wildman–Crippen LogP) is 2.27. The van der Waals surface area contributed by atoms with Crippen LogP contribution in [0.3, 0.4) is 0 Å². The first-order chi connectivity index (χ1) is 11.7. The van der Waals surface area contributed by atoms with Crippen LogP contribution in [0, 0.1) is 6.92 Å². The maximum Gasteiger partial charge on any atom is 0.254 e. The molecule has 126 valence electrons. The standard InChI is InChI=1S/C18H21N3O3/c1-13-10-19-20(11-13)12-15-3-2-6-21(15)18(22)14-4-5-16-17(9-14)24-8-7-23-16/h4-5,9-11,15H,2-3,6-8,12H2,1H3/t15-/m1/s1. The molecule has 0 saturated carbocycles. The van der Waals surface area contributed by atoms with Gasteiger partial charge >= 0.3 is 0 Å². The summed E-state index contributed by atoms with van der Waals surface area (Å²) in [6, 6.07) is 5.63. The van der Waals surface area contributed by atoms with Gasteiger partial charge in [0.25, 0.3) is 5.91 Å². The lowest BCUT2D eigenvalue weighted by Crippen LogP contribution is -2.38. The third-order valence-electron chi connectivity index (χ3n) is 4.59. The second-order valence-electron chi connectivity index (χ2n) is 6.39. The lowest BCUT2D eigenvalue weighted by Gasteiger charge is -2.25. The number of carbonyl (C=O) groups is 1. The smallest absolute Gasteiger partial charge is 0.254 e. The van der Waals surface area contributed by atoms with E-state index in [-0.39, 0.29) is 11.9 Å². The van der Waals surface area contributed by atoms with E-state index in [1.54, 1.807) is 6.07 Å². The molecule has 1 amide bonds. The van der Waals surface area contributed by atoms with E-state index in [0.717, 1.165) is 31.5 Å². The van der Waals surface area contributed by atoms with Gasteiger partial charge in [-0.3, -0.25) is 9.48 Å². The minimum absolute atomic E-state index is 0.0540. The van der Waals surface area contributed by atoms with Crippen LogP contribution in [0.15, 0.2) is 30.6 Å². The largest absolute Gasteiger partial charge is 0.486 e. The van der Waals surface area contributed by atoms with Crippen molar-refractivity contribution in [2.24, 2.45) is 0 Å². The highest BCUT2D eigenvalue weighted by Crippen LogP contribution is 2.32. The van der Waals surface area contributed by atoms with E-state index in [2.05, 4.69) is 5.10 Å². The van der Waals surface area contributed by atoms with Gasteiger partial charge in [-0.25, -0.2) is 0 Å². The van der Waals surface area contributed by atoms with Gasteiger partial charge in [-0.05, 0) is 43.5 Å². The number of hydrogen-bond acceptors (Lipinski definition) is 4. The molecule has 3 heterocycles. The van der Waals surface area contributed by atoms with Crippen LogP contribution in [-0.2, 0) is 6.54 Å². The summed E-state index contributed by atoms with van der Waals surface area (Å²) < 4.78 is 13.0. The van der Waals surface area contributed by atoms with Gasteiger partial charge in [-0.2, -0.15) is 5.10 Å². The fourth-order valence-electron chi connectivity index (χ4n) is 3.42. The maximum absolute atomic E-state index is 12.9. The summed E-state index contributed by atoms with van der Waals surface area (Å²) in [4.78, 5) is 14.9. The number of aromatic nitrogens is 2. The molecular formula is C18H21N3O3. The Bertz CT molecular complexity index is 756. The van der Waals surface area contributed by atoms with Gasteiger partial charge in [0.05, 0.1) is 18.8 Å². The van der Waals surface area contributed by atoms with Crippen molar-refractivity contribution >= 4 is 5.91 Å². The van der Waals surface area contributed by atoms with Gasteiger partial charge in [-0.1, -0.05) is 0 Å². The number of aryl methyl sites for hydroxylation is 1. The molecule has 1 atom stereocenters. The minimum Gasteiger partial charge on any atom is -0.486 e. The van der Waals surface area contributed by atoms with Crippen LogP contribution in [0.2, 0.25) is 0 Å². The van der Waals surface area contributed by atoms with Crippen molar-refractivity contribution in [2.45, 2.75) is 32.4 Å². The molecule has 4 rings (SSSR count). The zero-order valence-corrected chi connectivity index (χ0v) is 13.8. The number of ether oxygens (including phenoxy) is 2. The summed E-state index contributed by atoms with van der Waals surface area (Å²) in [7, 11) is 0. The van der Waals surface area contributed by atoms with E-state index in [9.17, 15) is 4.79 Å². The molecule has 0 N–H and O–H groups in total. The molecule has 2 aromatic rings. The molecule has 0 unspecified atom stereocenters. The first kappa shape index (κ1) is 15.1. The lowest BCUT2D eigenvalue weighted by molar-refractivity contribution is 0.0720. The summed E-state index contributed by atoms with van der Waals surface area (Å²) in [5.74, 6) is 1.42. The fraction of sp³-hybridized carbons (Fsp3) is 0.444. The number of amides is 1. The Hall–Kier alpha value is -2.50. The van der Waals surface area contributed by atoms with E-state index >= 15 is 0 Å². The Morgan fingerprint density at radius 1 is 1.29 bits per heavy atom. The Kier molecular flexibility index (Phi) is 3.88. The number of fused-ring (bicyclic) bond motifs is 1. The molecule has 24 heavy (non-hydrogen) atoms. The summed E-state index contributed by atoms with van der Waals surface area (Å²) in [5.41, 5.74) is 1.79. The number of carbonyl (C=O) groups excluding carboxylic acids is 1. The highest BCUT2D eigenvalue weighted by atomic mass is 16.6. The number of rotatable bonds is 3. The topological polar surface area (TPSA) is 56.6 Å². The fourth-order valence-corrected chi connectivity index (χ4v) is 3.42. The van der Waals surface area contributed by atoms with Crippen molar-refractivity contribution in [1.29, 1.82) is 0 Å². The minimum atomic E-state index is 0.0540. The number of likely N-dealkylation sites (tertiary alicyclic amines) is 1. The third-order valence-corrected chi connectivity index (χ3v) is 4.59. The SMILES string of the molecule is Cc1cnn(C[C@H]2CCCN2C(=O)c2ccc3c(c2)OCCO3)c1. The van der Waals surface area contributed by atoms with Gasteiger partial charge in [0.1, 0.15) is 13.2 Å². The third kappa shape index (κ3) is 2.84. The van der Waals surface area contributed by atoms with Gasteiger partial charge in [0.2, 0.25) is 0 Å². The molecule has 1 aromatic carbocycles. The average molecular weight is 327 g/mol. The van der Waals surface area contributed by atoms with Crippen molar-refractivity contribution in [3.8, 4) is 11.5 Å². The number of hydrogen-bond donors (Lipinski definition) is 0. The second kappa shape index (κ2) is 6.19. The highest BCUT2D eigenvalue weighted by molar-refractivity contribution is 5.95. The van der Waals surface area contributed by atoms with Crippen LogP contribution in [0.1, 0.15) is 28.8 Å². The lowest BCUT2D eigenvalue weighted by atomic mass is 10.1. The maximum atomic E-state index is 12.9. The Balaban J connectivity index is 1.52. The Morgan fingerprint density at radius 2 is 2.12 bits per heavy atom. The van der Waals surface area contributed by atoms with E-state index < -0.39 is 0 Å². The second-order valence-corrected chi connectivity index (χ2v) is 6.39. The summed E-state index contributed by atoms with van der Waals surface area (Å²) in [6.45, 7) is 4.63. The van der Waals surface area contributed by atoms with Gasteiger partial charge in [0, 0.05) is 18.3 Å². The molecule has 0 bridgehead atoms. The van der Waals surface area contributed by atoms with E-state index in [0.29, 0.717) is 30.3 Å². The summed E-state index contributed by atoms with van der Waals surface area (Å²) in [6.07, 6.45) is 5.91. The van der Waals surface area contributed by atoms with Crippen molar-refractivity contribution in [2.75, 3.05) is 19.8 Å². The molecule has 1 aromatic heterocycles. The van der Waals surface area contributed by atoms with E-state index in [1.165, 1.54) is 0 Å². The molecule has 0 radical (unpaired) electrons. The molecule has 6 nitrogen and oxygen atoms in total. The van der Waals surface area contributed by atoms with Crippen LogP contribution in [0.25, 0.3) is 0 Å². The Labute approximate surface area is 141 Å². The van der Waals surface area contributed by atoms with Crippen LogP contribution in [0.4, 0.5) is 0 Å².